The summed E-state index contributed by atoms with van der Waals surface area (Å²) in [5, 5.41) is 5.74. The van der Waals surface area contributed by atoms with Crippen molar-refractivity contribution < 1.29 is 23.9 Å². The number of hydrogen-bond donors (Lipinski definition) is 2. The van der Waals surface area contributed by atoms with E-state index in [9.17, 15) is 14.4 Å². The highest BCUT2D eigenvalue weighted by molar-refractivity contribution is 5.84. The molecule has 0 aromatic heterocycles. The van der Waals surface area contributed by atoms with E-state index < -0.39 is 11.7 Å². The number of benzene rings is 2. The van der Waals surface area contributed by atoms with E-state index in [-0.39, 0.29) is 30.7 Å². The molecule has 2 N–H and O–H groups in total. The second-order valence-corrected chi connectivity index (χ2v) is 12.3. The number of urea groups is 1. The second kappa shape index (κ2) is 13.5. The van der Waals surface area contributed by atoms with Crippen molar-refractivity contribution in [1.82, 2.24) is 20.4 Å². The Morgan fingerprint density at radius 3 is 2.51 bits per heavy atom. The van der Waals surface area contributed by atoms with Crippen molar-refractivity contribution in [3.63, 3.8) is 0 Å². The minimum Gasteiger partial charge on any atom is -0.444 e. The topological polar surface area (TPSA) is 100 Å². The number of rotatable bonds is 5. The molecule has 2 aromatic carbocycles. The highest BCUT2D eigenvalue weighted by atomic mass is 16.6. The molecule has 9 heteroatoms. The molecule has 4 amide bonds. The molecule has 0 spiro atoms. The van der Waals surface area contributed by atoms with Gasteiger partial charge in [-0.2, -0.15) is 0 Å². The third-order valence-electron chi connectivity index (χ3n) is 7.90. The van der Waals surface area contributed by atoms with Gasteiger partial charge in [0, 0.05) is 32.7 Å². The molecule has 0 radical (unpaired) electrons. The van der Waals surface area contributed by atoms with Crippen molar-refractivity contribution in [2.45, 2.75) is 57.8 Å². The number of fused-ring (bicyclic) bond motifs is 1. The van der Waals surface area contributed by atoms with Crippen LogP contribution in [0, 0.1) is 0 Å². The number of alkyl carbamates (subject to hydrolysis) is 1. The van der Waals surface area contributed by atoms with Crippen LogP contribution < -0.4 is 10.6 Å². The SMILES string of the molecule is CC(C)(C)OC(=O)NC/C=C/c1cccc(C(=C2CCN(C(=O)N3CC[C@@H]4OCC(=O)N[C@@H]4C3)CC2)c2ccccc2)c1. The van der Waals surface area contributed by atoms with Gasteiger partial charge in [0.05, 0.1) is 12.1 Å². The van der Waals surface area contributed by atoms with Gasteiger partial charge < -0.3 is 29.9 Å². The Bertz CT molecular complexity index is 1370. The van der Waals surface area contributed by atoms with E-state index in [4.69, 9.17) is 9.47 Å². The van der Waals surface area contributed by atoms with Gasteiger partial charge in [-0.15, -0.1) is 0 Å². The lowest BCUT2D eigenvalue weighted by Crippen LogP contribution is -2.62. The van der Waals surface area contributed by atoms with Crippen molar-refractivity contribution >= 4 is 29.7 Å². The summed E-state index contributed by atoms with van der Waals surface area (Å²) in [6.45, 7) is 8.40. The number of morpholine rings is 1. The molecule has 2 atom stereocenters. The third kappa shape index (κ3) is 8.04. The number of ether oxygens (including phenoxy) is 2. The first-order valence-electron chi connectivity index (χ1n) is 15.1. The predicted octanol–water partition coefficient (Wildman–Crippen LogP) is 4.83. The average molecular weight is 587 g/mol. The standard InChI is InChI=1S/C34H42N4O5/c1-34(2,3)43-32(40)35-17-8-10-24-9-7-13-27(21-24)31(25-11-5-4-6-12-25)26-14-18-37(19-15-26)33(41)38-20-16-29-28(22-38)36-30(39)23-42-29/h4-13,21,28-29H,14-20,22-23H2,1-3H3,(H,35,40)(H,36,39)/b10-8+/t28-,29+/m1/s1. The highest BCUT2D eigenvalue weighted by Crippen LogP contribution is 2.33. The van der Waals surface area contributed by atoms with Gasteiger partial charge in [0.2, 0.25) is 5.91 Å². The molecule has 3 fully saturated rings. The van der Waals surface area contributed by atoms with Crippen molar-refractivity contribution in [2.75, 3.05) is 39.3 Å². The summed E-state index contributed by atoms with van der Waals surface area (Å²) in [4.78, 5) is 41.0. The molecule has 0 unspecified atom stereocenters. The lowest BCUT2D eigenvalue weighted by Gasteiger charge is -2.43. The molecule has 3 saturated heterocycles. The molecule has 3 heterocycles. The number of carbonyl (C=O) groups excluding carboxylic acids is 3. The maximum atomic E-state index is 13.4. The Hall–Kier alpha value is -4.11. The Kier molecular flexibility index (Phi) is 9.50. The number of amides is 4. The van der Waals surface area contributed by atoms with Crippen LogP contribution in [0.1, 0.15) is 56.7 Å². The summed E-state index contributed by atoms with van der Waals surface area (Å²) in [7, 11) is 0. The van der Waals surface area contributed by atoms with Gasteiger partial charge in [-0.25, -0.2) is 9.59 Å². The van der Waals surface area contributed by atoms with Crippen LogP contribution in [0.3, 0.4) is 0 Å². The van der Waals surface area contributed by atoms with Gasteiger partial charge in [-0.05, 0) is 68.4 Å². The van der Waals surface area contributed by atoms with E-state index in [1.165, 1.54) is 11.1 Å². The normalized spacial score (nSPS) is 20.8. The fourth-order valence-electron chi connectivity index (χ4n) is 5.92. The minimum atomic E-state index is -0.534. The van der Waals surface area contributed by atoms with Crippen LogP contribution in [0.15, 0.2) is 66.2 Å². The van der Waals surface area contributed by atoms with E-state index in [0.717, 1.165) is 36.0 Å². The van der Waals surface area contributed by atoms with E-state index in [2.05, 4.69) is 53.1 Å². The van der Waals surface area contributed by atoms with Crippen molar-refractivity contribution in [2.24, 2.45) is 0 Å². The van der Waals surface area contributed by atoms with Crippen LogP contribution in [-0.2, 0) is 14.3 Å². The van der Waals surface area contributed by atoms with Gasteiger partial charge in [0.1, 0.15) is 12.2 Å². The lowest BCUT2D eigenvalue weighted by atomic mass is 9.88. The molecule has 0 bridgehead atoms. The maximum Gasteiger partial charge on any atom is 0.407 e. The van der Waals surface area contributed by atoms with Crippen molar-refractivity contribution in [3.8, 4) is 0 Å². The Balaban J connectivity index is 1.27. The molecular weight excluding hydrogens is 544 g/mol. The predicted molar refractivity (Wildman–Crippen MR) is 166 cm³/mol. The molecule has 0 saturated carbocycles. The minimum absolute atomic E-state index is 0.0158. The molecule has 0 aliphatic carbocycles. The number of piperidine rings is 2. The maximum absolute atomic E-state index is 13.4. The zero-order valence-corrected chi connectivity index (χ0v) is 25.3. The van der Waals surface area contributed by atoms with Gasteiger partial charge in [-0.3, -0.25) is 4.79 Å². The lowest BCUT2D eigenvalue weighted by molar-refractivity contribution is -0.139. The molecule has 3 aliphatic heterocycles. The molecule has 5 rings (SSSR count). The molecule has 228 valence electrons. The summed E-state index contributed by atoms with van der Waals surface area (Å²) in [6, 6.07) is 18.7. The van der Waals surface area contributed by atoms with Crippen LogP contribution in [0.25, 0.3) is 11.6 Å². The highest BCUT2D eigenvalue weighted by Gasteiger charge is 2.37. The van der Waals surface area contributed by atoms with Gasteiger partial charge in [0.15, 0.2) is 0 Å². The quantitative estimate of drug-likeness (QED) is 0.523. The van der Waals surface area contributed by atoms with Crippen LogP contribution in [0.5, 0.6) is 0 Å². The summed E-state index contributed by atoms with van der Waals surface area (Å²) in [6.07, 6.45) is 5.76. The molecule has 3 aliphatic rings. The molecular formula is C34H42N4O5. The van der Waals surface area contributed by atoms with Crippen LogP contribution >= 0.6 is 0 Å². The third-order valence-corrected chi connectivity index (χ3v) is 7.90. The van der Waals surface area contributed by atoms with Gasteiger partial charge in [-0.1, -0.05) is 66.3 Å². The number of nitrogens with zero attached hydrogens (tertiary/aromatic N) is 2. The first kappa shape index (κ1) is 30.4. The number of likely N-dealkylation sites (tertiary alicyclic amines) is 2. The average Bonchev–Trinajstić information content (AvgIpc) is 2.99. The number of carbonyl (C=O) groups is 3. The van der Waals surface area contributed by atoms with E-state index in [1.807, 2.05) is 54.9 Å². The van der Waals surface area contributed by atoms with Crippen molar-refractivity contribution in [3.05, 3.63) is 82.9 Å². The fraction of sp³-hybridized carbons (Fsp3) is 0.441. The zero-order valence-electron chi connectivity index (χ0n) is 25.3. The summed E-state index contributed by atoms with van der Waals surface area (Å²) in [5.41, 5.74) is 5.31. The monoisotopic (exact) mass is 586 g/mol. The van der Waals surface area contributed by atoms with Crippen molar-refractivity contribution in [1.29, 1.82) is 0 Å². The first-order chi connectivity index (χ1) is 20.7. The van der Waals surface area contributed by atoms with Crippen LogP contribution in [0.4, 0.5) is 9.59 Å². The summed E-state index contributed by atoms with van der Waals surface area (Å²) < 4.78 is 11.0. The number of nitrogens with one attached hydrogen (secondary N) is 2. The Morgan fingerprint density at radius 1 is 1.02 bits per heavy atom. The largest absolute Gasteiger partial charge is 0.444 e. The smallest absolute Gasteiger partial charge is 0.407 e. The Labute approximate surface area is 253 Å². The fourth-order valence-corrected chi connectivity index (χ4v) is 5.92. The molecule has 9 nitrogen and oxygen atoms in total. The second-order valence-electron chi connectivity index (χ2n) is 12.3. The van der Waals surface area contributed by atoms with E-state index >= 15 is 0 Å². The van der Waals surface area contributed by atoms with E-state index in [1.54, 1.807) is 0 Å². The summed E-state index contributed by atoms with van der Waals surface area (Å²) in [5.74, 6) is -0.117. The molecule has 43 heavy (non-hydrogen) atoms. The van der Waals surface area contributed by atoms with E-state index in [0.29, 0.717) is 32.7 Å². The van der Waals surface area contributed by atoms with Gasteiger partial charge in [0.25, 0.3) is 0 Å². The number of hydrogen-bond acceptors (Lipinski definition) is 5. The first-order valence-corrected chi connectivity index (χ1v) is 15.1. The van der Waals surface area contributed by atoms with Crippen LogP contribution in [-0.4, -0.2) is 84.9 Å². The van der Waals surface area contributed by atoms with Crippen LogP contribution in [0.2, 0.25) is 0 Å². The Morgan fingerprint density at radius 2 is 1.77 bits per heavy atom. The van der Waals surface area contributed by atoms with Gasteiger partial charge >= 0.3 is 12.1 Å². The zero-order chi connectivity index (χ0) is 30.4. The molecule has 2 aromatic rings. The summed E-state index contributed by atoms with van der Waals surface area (Å²) >= 11 is 0.